The minimum atomic E-state index is -0.417. The van der Waals surface area contributed by atoms with E-state index < -0.39 is 5.25 Å². The van der Waals surface area contributed by atoms with Gasteiger partial charge < -0.3 is 38.7 Å². The summed E-state index contributed by atoms with van der Waals surface area (Å²) in [6.07, 6.45) is 23.6. The molecule has 32 heteroatoms. The quantitative estimate of drug-likeness (QED) is 0.0763. The lowest BCUT2D eigenvalue weighted by Crippen LogP contribution is -2.43. The maximum absolute atomic E-state index is 14.0. The molecule has 656 valence electrons. The Hall–Kier alpha value is -9.73. The van der Waals surface area contributed by atoms with Gasteiger partial charge in [-0.3, -0.25) is 72.1 Å². The largest absolute Gasteiger partial charge is 0.381 e. The van der Waals surface area contributed by atoms with Gasteiger partial charge in [-0.25, -0.2) is 29.3 Å². The SMILES string of the molecule is O=C(CC1SC(C2CCCCC2)N(c2ccc(N3CCOCC3)cc2)C1=O)N1CCC(n2c(=O)[nH]c3ncccc32)CC1.O=C(CC1SC(C2CCCCC2)N(c2ccccc2)C1=O)N1CCC(n2c(=O)[nH]c3ncccc32)CC1.O=C(CC1SC(C2CCOCC2)N(c2ccc(N3CCOCC3)cc2)C1=O)N1CCC(n2c(=O)[nH]c3ncccc32)CC1.[HH].[HH].[HH]. The average molecular weight is 1740 g/mol. The van der Waals surface area contributed by atoms with Crippen LogP contribution in [0, 0.1) is 17.8 Å². The highest BCUT2D eigenvalue weighted by Gasteiger charge is 2.50. The van der Waals surface area contributed by atoms with Crippen LogP contribution in [0.15, 0.2) is 148 Å². The molecule has 9 aliphatic heterocycles. The summed E-state index contributed by atoms with van der Waals surface area (Å²) in [4.78, 5) is 157. The number of carbonyl (C=O) groups is 6. The van der Waals surface area contributed by atoms with Crippen LogP contribution in [0.25, 0.3) is 33.5 Å². The van der Waals surface area contributed by atoms with Crippen molar-refractivity contribution in [3.05, 3.63) is 165 Å². The van der Waals surface area contributed by atoms with Crippen molar-refractivity contribution >= 4 is 133 Å². The first kappa shape index (κ1) is 84.1. The van der Waals surface area contributed by atoms with Gasteiger partial charge in [0, 0.05) is 167 Å². The lowest BCUT2D eigenvalue weighted by atomic mass is 9.88. The molecule has 123 heavy (non-hydrogen) atoms. The molecule has 2 saturated carbocycles. The number of imidazole rings is 3. The fourth-order valence-corrected chi connectivity index (χ4v) is 25.5. The Kier molecular flexibility index (Phi) is 26.3. The van der Waals surface area contributed by atoms with E-state index in [-0.39, 0.29) is 121 Å². The third kappa shape index (κ3) is 18.3. The van der Waals surface area contributed by atoms with Crippen LogP contribution < -0.4 is 41.6 Å². The molecule has 6 amide bonds. The van der Waals surface area contributed by atoms with E-state index in [4.69, 9.17) is 14.2 Å². The van der Waals surface area contributed by atoms with Crippen molar-refractivity contribution in [3.63, 3.8) is 0 Å². The summed E-state index contributed by atoms with van der Waals surface area (Å²) >= 11 is 5.04. The number of rotatable bonds is 17. The Balaban J connectivity index is 0.000000145. The standard InChI is InChI=1S/C32H40N6O4S.C31H38N6O5S.C28H33N5O3S.3H2/c39-28(36-15-12-25(13-16-36)37-26-7-4-14-33-29(26)34-32(37)41)21-27-30(40)38(31(43-27)22-5-2-1-3-6-22)24-10-8-23(9-11-24)35-17-19-42-20-18-35;38-27(35-12-7-24(8-13-35)36-25-2-1-11-32-28(25)33-31(36)40)20-26-29(39)37(30(43-26)21-9-16-41-17-10-21)23-5-3-22(4-6-23)34-14-18-42-19-15-34;34-24(31-16-13-21(14-17-31)32-22-12-7-15-29-25(22)30-28(32)36)18-23-26(35)33(20-10-5-2-6-11-20)27(37-23)19-8-3-1-4-9-19;;;/h4,7-11,14,22,25,27,31H,1-3,5-6,12-13,15-21H2,(H,33,34,41);1-6,11,21,24,26,30H,7-10,12-20H2,(H,32,33,40);2,5-7,10-12,15,19,21,23,27H,1,3-4,8-9,13-14,16-18H2,(H,29,30,36);3*1H. The molecule has 6 atom stereocenters. The molecule has 3 N–H and O–H groups in total. The zero-order chi connectivity index (χ0) is 84.0. The number of morpholine rings is 2. The summed E-state index contributed by atoms with van der Waals surface area (Å²) < 4.78 is 22.0. The zero-order valence-corrected chi connectivity index (χ0v) is 72.1. The Bertz CT molecular complexity index is 5170. The van der Waals surface area contributed by atoms with Gasteiger partial charge in [-0.05, 0) is 192 Å². The summed E-state index contributed by atoms with van der Waals surface area (Å²) in [5.74, 6) is 1.45. The van der Waals surface area contributed by atoms with Gasteiger partial charge in [-0.1, -0.05) is 56.7 Å². The van der Waals surface area contributed by atoms with Gasteiger partial charge in [0.25, 0.3) is 0 Å². The van der Waals surface area contributed by atoms with Crippen molar-refractivity contribution in [3.8, 4) is 0 Å². The van der Waals surface area contributed by atoms with E-state index in [0.29, 0.717) is 126 Å². The fourth-order valence-electron chi connectivity index (χ4n) is 20.6. The predicted molar refractivity (Wildman–Crippen MR) is 486 cm³/mol. The molecule has 9 aromatic rings. The molecule has 9 saturated heterocycles. The first-order valence-electron chi connectivity index (χ1n) is 44.7. The second-order valence-electron chi connectivity index (χ2n) is 34.4. The molecule has 29 nitrogen and oxygen atoms in total. The lowest BCUT2D eigenvalue weighted by molar-refractivity contribution is -0.134. The molecule has 0 radical (unpaired) electrons. The van der Waals surface area contributed by atoms with E-state index in [1.807, 2.05) is 108 Å². The number of para-hydroxylation sites is 1. The summed E-state index contributed by atoms with van der Waals surface area (Å²) in [6.45, 7) is 11.2. The number of benzene rings is 3. The van der Waals surface area contributed by atoms with Crippen LogP contribution in [0.4, 0.5) is 28.4 Å². The molecule has 6 unspecified atom stereocenters. The van der Waals surface area contributed by atoms with Crippen molar-refractivity contribution in [1.29, 1.82) is 0 Å². The average Bonchev–Trinajstić information content (AvgIpc) is 1.63. The number of aromatic amines is 3. The van der Waals surface area contributed by atoms with Crippen molar-refractivity contribution < 1.29 is 47.3 Å². The van der Waals surface area contributed by atoms with Crippen LogP contribution in [0.2, 0.25) is 0 Å². The normalized spacial score (nSPS) is 24.1. The highest BCUT2D eigenvalue weighted by molar-refractivity contribution is 8.02. The van der Waals surface area contributed by atoms with Crippen molar-refractivity contribution in [1.82, 2.24) is 58.3 Å². The van der Waals surface area contributed by atoms with Crippen LogP contribution in [0.1, 0.15) is 157 Å². The number of nitrogens with zero attached hydrogens (tertiary/aromatic N) is 14. The number of fused-ring (bicyclic) bond motifs is 3. The van der Waals surface area contributed by atoms with E-state index >= 15 is 0 Å². The van der Waals surface area contributed by atoms with Gasteiger partial charge in [0.1, 0.15) is 0 Å². The molecule has 0 bridgehead atoms. The van der Waals surface area contributed by atoms with Crippen LogP contribution in [-0.4, -0.2) is 231 Å². The Morgan fingerprint density at radius 1 is 0.333 bits per heavy atom. The molecule has 2 aliphatic carbocycles. The number of amides is 6. The van der Waals surface area contributed by atoms with Gasteiger partial charge in [-0.15, -0.1) is 35.3 Å². The number of nitrogens with one attached hydrogen (secondary N) is 3. The third-order valence-electron chi connectivity index (χ3n) is 27.1. The van der Waals surface area contributed by atoms with Crippen LogP contribution in [-0.2, 0) is 43.0 Å². The van der Waals surface area contributed by atoms with Gasteiger partial charge in [-0.2, -0.15) is 0 Å². The molecular weight excluding hydrogens is 1620 g/mol. The molecule has 15 heterocycles. The number of likely N-dealkylation sites (tertiary alicyclic amines) is 3. The molecular formula is C91H117N17O12S3. The number of hydrogen-bond donors (Lipinski definition) is 3. The number of piperidine rings is 3. The van der Waals surface area contributed by atoms with Crippen LogP contribution in [0.5, 0.6) is 0 Å². The predicted octanol–water partition coefficient (Wildman–Crippen LogP) is 12.3. The molecule has 11 fully saturated rings. The van der Waals surface area contributed by atoms with Gasteiger partial charge in [0.05, 0.1) is 74.8 Å². The second kappa shape index (κ2) is 38.4. The van der Waals surface area contributed by atoms with Crippen LogP contribution in [0.3, 0.4) is 0 Å². The Morgan fingerprint density at radius 3 is 0.951 bits per heavy atom. The first-order chi connectivity index (χ1) is 60.2. The summed E-state index contributed by atoms with van der Waals surface area (Å²) in [5, 5.41) is -0.997. The van der Waals surface area contributed by atoms with Crippen molar-refractivity contribution in [2.24, 2.45) is 17.8 Å². The third-order valence-corrected chi connectivity index (χ3v) is 31.8. The van der Waals surface area contributed by atoms with Crippen molar-refractivity contribution in [2.45, 2.75) is 185 Å². The van der Waals surface area contributed by atoms with Gasteiger partial charge in [0.15, 0.2) is 16.9 Å². The minimum Gasteiger partial charge on any atom is -0.381 e. The molecule has 11 aliphatic rings. The number of anilines is 5. The Morgan fingerprint density at radius 2 is 0.626 bits per heavy atom. The van der Waals surface area contributed by atoms with Gasteiger partial charge in [0.2, 0.25) is 35.4 Å². The number of thioether (sulfide) groups is 3. The smallest absolute Gasteiger partial charge is 0.327 e. The molecule has 20 rings (SSSR count). The number of aromatic nitrogens is 9. The highest BCUT2D eigenvalue weighted by Crippen LogP contribution is 2.49. The number of carbonyl (C=O) groups excluding carboxylic acids is 6. The Labute approximate surface area is 731 Å². The van der Waals surface area contributed by atoms with Crippen LogP contribution >= 0.6 is 35.3 Å². The van der Waals surface area contributed by atoms with Crippen molar-refractivity contribution in [2.75, 3.05) is 130 Å². The van der Waals surface area contributed by atoms with E-state index in [0.717, 1.165) is 136 Å². The maximum atomic E-state index is 14.0. The van der Waals surface area contributed by atoms with E-state index in [9.17, 15) is 43.2 Å². The monoisotopic (exact) mass is 1740 g/mol. The molecule has 3 aromatic carbocycles. The van der Waals surface area contributed by atoms with E-state index in [1.165, 1.54) is 38.5 Å². The van der Waals surface area contributed by atoms with E-state index in [1.54, 1.807) is 67.6 Å². The summed E-state index contributed by atoms with van der Waals surface area (Å²) in [6, 6.07) is 37.9. The fraction of sp³-hybridized carbons (Fsp3) is 0.538. The maximum Gasteiger partial charge on any atom is 0.327 e. The number of hydrogen-bond acceptors (Lipinski definition) is 20. The molecule has 6 aromatic heterocycles. The lowest BCUT2D eigenvalue weighted by Gasteiger charge is -2.33. The van der Waals surface area contributed by atoms with Gasteiger partial charge >= 0.3 is 17.1 Å². The van der Waals surface area contributed by atoms with E-state index in [2.05, 4.69) is 76.1 Å². The first-order valence-corrected chi connectivity index (χ1v) is 47.5. The second-order valence-corrected chi connectivity index (χ2v) is 38.4. The summed E-state index contributed by atoms with van der Waals surface area (Å²) in [5.41, 5.74) is 8.75. The molecule has 0 spiro atoms. The zero-order valence-electron chi connectivity index (χ0n) is 69.7. The highest BCUT2D eigenvalue weighted by atomic mass is 32.2. The summed E-state index contributed by atoms with van der Waals surface area (Å²) in [7, 11) is 0. The number of pyridine rings is 3. The number of H-pyrrole nitrogens is 3. The topological polar surface area (TPSA) is 308 Å². The number of ether oxygens (including phenoxy) is 3. The minimum absolute atomic E-state index is 0.